The summed E-state index contributed by atoms with van der Waals surface area (Å²) >= 11 is 0. The topological polar surface area (TPSA) is 69.6 Å². The molecule has 21 heavy (non-hydrogen) atoms. The van der Waals surface area contributed by atoms with Crippen molar-refractivity contribution in [2.45, 2.75) is 59.3 Å². The molecule has 2 N–H and O–H groups in total. The Labute approximate surface area is 128 Å². The lowest BCUT2D eigenvalue weighted by atomic mass is 9.76. The number of carbonyl (C=O) groups excluding carboxylic acids is 1. The molecule has 2 amide bonds. The first-order chi connectivity index (χ1) is 9.91. The molecule has 0 aromatic heterocycles. The highest BCUT2D eigenvalue weighted by atomic mass is 16.4. The van der Waals surface area contributed by atoms with Gasteiger partial charge in [-0.15, -0.1) is 0 Å². The fraction of sp³-hybridized carbons (Fsp3) is 0.875. The predicted octanol–water partition coefficient (Wildman–Crippen LogP) is 3.10. The number of rotatable bonds is 7. The number of aliphatic carboxylic acids is 1. The zero-order chi connectivity index (χ0) is 15.9. The van der Waals surface area contributed by atoms with Crippen molar-refractivity contribution in [1.29, 1.82) is 0 Å². The van der Waals surface area contributed by atoms with Crippen molar-refractivity contribution in [3.05, 3.63) is 0 Å². The van der Waals surface area contributed by atoms with E-state index in [1.807, 2.05) is 6.92 Å². The highest BCUT2D eigenvalue weighted by molar-refractivity contribution is 5.78. The Morgan fingerprint density at radius 2 is 2.10 bits per heavy atom. The molecule has 0 saturated carbocycles. The van der Waals surface area contributed by atoms with Crippen molar-refractivity contribution in [3.8, 4) is 0 Å². The number of piperidine rings is 1. The second-order valence-electron chi connectivity index (χ2n) is 6.63. The van der Waals surface area contributed by atoms with E-state index in [-0.39, 0.29) is 6.03 Å². The molecule has 0 spiro atoms. The van der Waals surface area contributed by atoms with E-state index in [0.29, 0.717) is 38.4 Å². The molecule has 1 heterocycles. The van der Waals surface area contributed by atoms with Crippen molar-refractivity contribution in [2.24, 2.45) is 11.3 Å². The zero-order valence-corrected chi connectivity index (χ0v) is 13.7. The molecule has 122 valence electrons. The largest absolute Gasteiger partial charge is 0.481 e. The Morgan fingerprint density at radius 1 is 1.38 bits per heavy atom. The monoisotopic (exact) mass is 298 g/mol. The van der Waals surface area contributed by atoms with Gasteiger partial charge in [-0.25, -0.2) is 4.79 Å². The van der Waals surface area contributed by atoms with Crippen LogP contribution in [-0.2, 0) is 4.79 Å². The Balaban J connectivity index is 2.50. The fourth-order valence-corrected chi connectivity index (χ4v) is 3.09. The van der Waals surface area contributed by atoms with Crippen LogP contribution >= 0.6 is 0 Å². The van der Waals surface area contributed by atoms with E-state index in [9.17, 15) is 14.7 Å². The van der Waals surface area contributed by atoms with Crippen molar-refractivity contribution in [3.63, 3.8) is 0 Å². The lowest BCUT2D eigenvalue weighted by Gasteiger charge is -2.39. The minimum absolute atomic E-state index is 0.111. The summed E-state index contributed by atoms with van der Waals surface area (Å²) in [5.74, 6) is -0.122. The summed E-state index contributed by atoms with van der Waals surface area (Å²) in [5, 5.41) is 12.5. The third-order valence-corrected chi connectivity index (χ3v) is 4.28. The standard InChI is InChI=1S/C16H30N2O3/c1-4-8-16(14(19)20)9-6-11-18(12-16)15(21)17-10-5-7-13(2)3/h13H,4-12H2,1-3H3,(H,17,21)(H,19,20). The van der Waals surface area contributed by atoms with Crippen LogP contribution in [0.25, 0.3) is 0 Å². The van der Waals surface area contributed by atoms with E-state index in [2.05, 4.69) is 19.2 Å². The molecule has 1 aliphatic rings. The molecular weight excluding hydrogens is 268 g/mol. The number of hydrogen-bond acceptors (Lipinski definition) is 2. The highest BCUT2D eigenvalue weighted by Gasteiger charge is 2.42. The van der Waals surface area contributed by atoms with Crippen LogP contribution < -0.4 is 5.32 Å². The number of likely N-dealkylation sites (tertiary alicyclic amines) is 1. The quantitative estimate of drug-likeness (QED) is 0.710. The van der Waals surface area contributed by atoms with Crippen molar-refractivity contribution >= 4 is 12.0 Å². The Hall–Kier alpha value is -1.26. The van der Waals surface area contributed by atoms with E-state index in [1.165, 1.54) is 0 Å². The Kier molecular flexibility index (Phi) is 6.99. The van der Waals surface area contributed by atoms with Gasteiger partial charge in [0.1, 0.15) is 0 Å². The second kappa shape index (κ2) is 8.25. The normalized spacial score (nSPS) is 22.4. The molecule has 1 aliphatic heterocycles. The first-order valence-corrected chi connectivity index (χ1v) is 8.17. The highest BCUT2D eigenvalue weighted by Crippen LogP contribution is 2.35. The average Bonchev–Trinajstić information content (AvgIpc) is 2.43. The Morgan fingerprint density at radius 3 is 2.67 bits per heavy atom. The van der Waals surface area contributed by atoms with E-state index in [4.69, 9.17) is 0 Å². The third kappa shape index (κ3) is 5.21. The smallest absolute Gasteiger partial charge is 0.317 e. The minimum Gasteiger partial charge on any atom is -0.481 e. The molecule has 5 nitrogen and oxygen atoms in total. The van der Waals surface area contributed by atoms with E-state index in [0.717, 1.165) is 25.7 Å². The maximum atomic E-state index is 12.2. The Bertz CT molecular complexity index is 353. The predicted molar refractivity (Wildman–Crippen MR) is 83.3 cm³/mol. The zero-order valence-electron chi connectivity index (χ0n) is 13.7. The fourth-order valence-electron chi connectivity index (χ4n) is 3.09. The minimum atomic E-state index is -0.762. The van der Waals surface area contributed by atoms with Gasteiger partial charge in [-0.1, -0.05) is 27.2 Å². The molecule has 1 rings (SSSR count). The summed E-state index contributed by atoms with van der Waals surface area (Å²) in [5.41, 5.74) is -0.748. The maximum absolute atomic E-state index is 12.2. The van der Waals surface area contributed by atoms with Crippen molar-refractivity contribution in [2.75, 3.05) is 19.6 Å². The van der Waals surface area contributed by atoms with Gasteiger partial charge < -0.3 is 15.3 Å². The summed E-state index contributed by atoms with van der Waals surface area (Å²) in [6, 6.07) is -0.111. The number of carboxylic acids is 1. The molecule has 1 saturated heterocycles. The summed E-state index contributed by atoms with van der Waals surface area (Å²) in [4.78, 5) is 25.5. The third-order valence-electron chi connectivity index (χ3n) is 4.28. The van der Waals surface area contributed by atoms with Crippen LogP contribution in [0, 0.1) is 11.3 Å². The lowest BCUT2D eigenvalue weighted by molar-refractivity contribution is -0.152. The summed E-state index contributed by atoms with van der Waals surface area (Å²) in [6.07, 6.45) is 4.97. The van der Waals surface area contributed by atoms with Crippen LogP contribution in [-0.4, -0.2) is 41.6 Å². The molecular formula is C16H30N2O3. The summed E-state index contributed by atoms with van der Waals surface area (Å²) in [6.45, 7) is 7.99. The molecule has 0 bridgehead atoms. The maximum Gasteiger partial charge on any atom is 0.317 e. The number of carbonyl (C=O) groups is 2. The van der Waals surface area contributed by atoms with Crippen molar-refractivity contribution in [1.82, 2.24) is 10.2 Å². The molecule has 5 heteroatoms. The molecule has 1 unspecified atom stereocenters. The van der Waals surface area contributed by atoms with Crippen LogP contribution in [0.2, 0.25) is 0 Å². The molecule has 1 atom stereocenters. The van der Waals surface area contributed by atoms with Gasteiger partial charge in [-0.3, -0.25) is 4.79 Å². The first kappa shape index (κ1) is 17.8. The summed E-state index contributed by atoms with van der Waals surface area (Å²) in [7, 11) is 0. The second-order valence-corrected chi connectivity index (χ2v) is 6.63. The van der Waals surface area contributed by atoms with E-state index in [1.54, 1.807) is 4.90 Å². The number of nitrogens with zero attached hydrogens (tertiary/aromatic N) is 1. The number of nitrogens with one attached hydrogen (secondary N) is 1. The number of hydrogen-bond donors (Lipinski definition) is 2. The summed E-state index contributed by atoms with van der Waals surface area (Å²) < 4.78 is 0. The van der Waals surface area contributed by atoms with E-state index >= 15 is 0 Å². The molecule has 0 aromatic rings. The van der Waals surface area contributed by atoms with Gasteiger partial charge in [0.2, 0.25) is 0 Å². The van der Waals surface area contributed by atoms with Crippen LogP contribution in [0.1, 0.15) is 59.3 Å². The number of amides is 2. The molecule has 0 radical (unpaired) electrons. The number of carboxylic acid groups (broad SMARTS) is 1. The van der Waals surface area contributed by atoms with Gasteiger partial charge in [0.25, 0.3) is 0 Å². The first-order valence-electron chi connectivity index (χ1n) is 8.17. The van der Waals surface area contributed by atoms with E-state index < -0.39 is 11.4 Å². The molecule has 1 fully saturated rings. The van der Waals surface area contributed by atoms with Gasteiger partial charge in [0.15, 0.2) is 0 Å². The van der Waals surface area contributed by atoms with Gasteiger partial charge in [-0.2, -0.15) is 0 Å². The van der Waals surface area contributed by atoms with Crippen LogP contribution in [0.5, 0.6) is 0 Å². The van der Waals surface area contributed by atoms with Crippen LogP contribution in [0.4, 0.5) is 4.79 Å². The van der Waals surface area contributed by atoms with Gasteiger partial charge in [-0.05, 0) is 38.0 Å². The molecule has 0 aromatic carbocycles. The van der Waals surface area contributed by atoms with Crippen LogP contribution in [0.15, 0.2) is 0 Å². The SMILES string of the molecule is CCCC1(C(=O)O)CCCN(C(=O)NCCCC(C)C)C1. The van der Waals surface area contributed by atoms with Gasteiger partial charge in [0, 0.05) is 19.6 Å². The van der Waals surface area contributed by atoms with Gasteiger partial charge >= 0.3 is 12.0 Å². The van der Waals surface area contributed by atoms with Crippen LogP contribution in [0.3, 0.4) is 0 Å². The van der Waals surface area contributed by atoms with Gasteiger partial charge in [0.05, 0.1) is 5.41 Å². The number of urea groups is 1. The lowest BCUT2D eigenvalue weighted by Crippen LogP contribution is -2.52. The van der Waals surface area contributed by atoms with Crippen molar-refractivity contribution < 1.29 is 14.7 Å². The molecule has 0 aliphatic carbocycles. The average molecular weight is 298 g/mol.